The van der Waals surface area contributed by atoms with Crippen LogP contribution in [0.2, 0.25) is 5.02 Å². The summed E-state index contributed by atoms with van der Waals surface area (Å²) >= 11 is 5.83. The molecule has 0 radical (unpaired) electrons. The first-order chi connectivity index (χ1) is 11.5. The zero-order valence-electron chi connectivity index (χ0n) is 12.8. The molecule has 3 aromatic rings. The van der Waals surface area contributed by atoms with E-state index in [2.05, 4.69) is 20.8 Å². The first kappa shape index (κ1) is 15.9. The predicted octanol–water partition coefficient (Wildman–Crippen LogP) is 2.60. The number of phenolic OH excluding ortho intramolecular Hbond substituents is 1. The third-order valence-electron chi connectivity index (χ3n) is 3.35. The second kappa shape index (κ2) is 6.67. The second-order valence-electron chi connectivity index (χ2n) is 5.19. The molecular weight excluding hydrogens is 330 g/mol. The lowest BCUT2D eigenvalue weighted by Gasteiger charge is -2.05. The molecule has 2 N–H and O–H groups in total. The van der Waals surface area contributed by atoms with Crippen LogP contribution in [0, 0.1) is 0 Å². The van der Waals surface area contributed by atoms with Crippen LogP contribution >= 0.6 is 11.6 Å². The summed E-state index contributed by atoms with van der Waals surface area (Å²) in [6, 6.07) is 11.8. The van der Waals surface area contributed by atoms with Crippen LogP contribution in [0.25, 0.3) is 11.0 Å². The molecule has 0 aliphatic carbocycles. The maximum absolute atomic E-state index is 12.1. The number of fused-ring (bicyclic) bond motifs is 1. The summed E-state index contributed by atoms with van der Waals surface area (Å²) in [7, 11) is 0. The van der Waals surface area contributed by atoms with Gasteiger partial charge in [-0.05, 0) is 37.3 Å². The van der Waals surface area contributed by atoms with Crippen LogP contribution < -0.4 is 5.43 Å². The van der Waals surface area contributed by atoms with Crippen molar-refractivity contribution in [2.45, 2.75) is 13.5 Å². The maximum Gasteiger partial charge on any atom is 0.275 e. The Labute approximate surface area is 142 Å². The molecule has 0 aliphatic rings. The first-order valence-electron chi connectivity index (χ1n) is 7.15. The molecule has 0 saturated carbocycles. The van der Waals surface area contributed by atoms with Crippen LogP contribution in [0.3, 0.4) is 0 Å². The molecule has 122 valence electrons. The van der Waals surface area contributed by atoms with E-state index in [9.17, 15) is 9.90 Å². The van der Waals surface area contributed by atoms with E-state index in [0.717, 1.165) is 11.0 Å². The summed E-state index contributed by atoms with van der Waals surface area (Å²) in [6.07, 6.45) is 0. The lowest BCUT2D eigenvalue weighted by molar-refractivity contribution is 0.0952. The molecule has 1 heterocycles. The number of halogens is 1. The van der Waals surface area contributed by atoms with Gasteiger partial charge in [0.05, 0.1) is 23.3 Å². The Bertz CT molecular complexity index is 935. The smallest absolute Gasteiger partial charge is 0.275 e. The molecule has 3 rings (SSSR count). The average Bonchev–Trinajstić information content (AvgIpc) is 2.98. The lowest BCUT2D eigenvalue weighted by Crippen LogP contribution is -2.21. The third-order valence-corrected chi connectivity index (χ3v) is 3.59. The molecule has 0 aliphatic heterocycles. The molecule has 0 saturated heterocycles. The summed E-state index contributed by atoms with van der Waals surface area (Å²) in [4.78, 5) is 12.1. The van der Waals surface area contributed by atoms with Crippen molar-refractivity contribution in [3.63, 3.8) is 0 Å². The van der Waals surface area contributed by atoms with Gasteiger partial charge in [-0.3, -0.25) is 4.79 Å². The van der Waals surface area contributed by atoms with Crippen molar-refractivity contribution in [2.24, 2.45) is 5.10 Å². The number of hydrogen-bond acceptors (Lipinski definition) is 5. The zero-order valence-corrected chi connectivity index (χ0v) is 13.5. The highest BCUT2D eigenvalue weighted by molar-refractivity contribution is 6.31. The minimum absolute atomic E-state index is 0.0604. The Morgan fingerprint density at radius 1 is 1.33 bits per heavy atom. The molecule has 0 atom stereocenters. The highest BCUT2D eigenvalue weighted by Crippen LogP contribution is 2.21. The van der Waals surface area contributed by atoms with E-state index in [1.54, 1.807) is 11.6 Å². The van der Waals surface area contributed by atoms with Crippen molar-refractivity contribution in [1.29, 1.82) is 0 Å². The van der Waals surface area contributed by atoms with Crippen LogP contribution in [-0.4, -0.2) is 31.7 Å². The van der Waals surface area contributed by atoms with E-state index in [0.29, 0.717) is 17.3 Å². The van der Waals surface area contributed by atoms with Crippen molar-refractivity contribution in [1.82, 2.24) is 20.4 Å². The molecule has 24 heavy (non-hydrogen) atoms. The molecule has 1 aromatic heterocycles. The van der Waals surface area contributed by atoms with Gasteiger partial charge in [0.2, 0.25) is 0 Å². The normalized spacial score (nSPS) is 11.7. The van der Waals surface area contributed by atoms with E-state index in [4.69, 9.17) is 11.6 Å². The number of hydrazone groups is 1. The van der Waals surface area contributed by atoms with Gasteiger partial charge in [-0.2, -0.15) is 5.10 Å². The molecule has 8 heteroatoms. The highest BCUT2D eigenvalue weighted by Gasteiger charge is 2.11. The van der Waals surface area contributed by atoms with Gasteiger partial charge in [-0.1, -0.05) is 28.9 Å². The van der Waals surface area contributed by atoms with Gasteiger partial charge in [0.25, 0.3) is 5.91 Å². The summed E-state index contributed by atoms with van der Waals surface area (Å²) in [5.41, 5.74) is 4.75. The Kier molecular flexibility index (Phi) is 4.43. The standard InChI is InChI=1S/C16H14ClN5O2/c1-10(9-22-14-5-3-2-4-13(14)19-21-22)18-20-16(24)12-8-11(17)6-7-15(12)23/h2-8,23H,9H2,1H3,(H,20,24)/b18-10-. The Hall–Kier alpha value is -2.93. The fourth-order valence-electron chi connectivity index (χ4n) is 2.18. The number of hydrogen-bond donors (Lipinski definition) is 2. The summed E-state index contributed by atoms with van der Waals surface area (Å²) in [6.45, 7) is 2.14. The third kappa shape index (κ3) is 3.36. The van der Waals surface area contributed by atoms with Gasteiger partial charge in [0.1, 0.15) is 11.3 Å². The number of carbonyl (C=O) groups excluding carboxylic acids is 1. The van der Waals surface area contributed by atoms with Crippen molar-refractivity contribution in [3.8, 4) is 5.75 Å². The SMILES string of the molecule is C/C(Cn1nnc2ccccc21)=N/NC(=O)c1cc(Cl)ccc1O. The number of amides is 1. The molecule has 0 bridgehead atoms. The number of phenols is 1. The number of aromatic nitrogens is 3. The molecule has 1 amide bonds. The van der Waals surface area contributed by atoms with E-state index < -0.39 is 5.91 Å². The van der Waals surface area contributed by atoms with Gasteiger partial charge < -0.3 is 5.11 Å². The van der Waals surface area contributed by atoms with E-state index in [-0.39, 0.29) is 11.3 Å². The number of para-hydroxylation sites is 1. The van der Waals surface area contributed by atoms with Gasteiger partial charge >= 0.3 is 0 Å². The number of nitrogens with one attached hydrogen (secondary N) is 1. The summed E-state index contributed by atoms with van der Waals surface area (Å²) in [5.74, 6) is -0.704. The molecule has 0 spiro atoms. The van der Waals surface area contributed by atoms with Crippen molar-refractivity contribution in [2.75, 3.05) is 0 Å². The topological polar surface area (TPSA) is 92.4 Å². The largest absolute Gasteiger partial charge is 0.507 e. The molecular formula is C16H14ClN5O2. The molecule has 2 aromatic carbocycles. The monoisotopic (exact) mass is 343 g/mol. The van der Waals surface area contributed by atoms with Crippen molar-refractivity contribution >= 4 is 34.3 Å². The molecule has 7 nitrogen and oxygen atoms in total. The van der Waals surface area contributed by atoms with Crippen LogP contribution in [0.1, 0.15) is 17.3 Å². The second-order valence-corrected chi connectivity index (χ2v) is 5.62. The fraction of sp³-hybridized carbons (Fsp3) is 0.125. The van der Waals surface area contributed by atoms with Crippen LogP contribution in [0.15, 0.2) is 47.6 Å². The Balaban J connectivity index is 1.72. The Morgan fingerprint density at radius 2 is 2.12 bits per heavy atom. The van der Waals surface area contributed by atoms with Crippen LogP contribution in [0.4, 0.5) is 0 Å². The summed E-state index contributed by atoms with van der Waals surface area (Å²) in [5, 5.41) is 22.2. The van der Waals surface area contributed by atoms with Gasteiger partial charge in [-0.15, -0.1) is 5.10 Å². The van der Waals surface area contributed by atoms with Crippen LogP contribution in [-0.2, 0) is 6.54 Å². The maximum atomic E-state index is 12.1. The minimum atomic E-state index is -0.544. The van der Waals surface area contributed by atoms with Crippen molar-refractivity contribution in [3.05, 3.63) is 53.1 Å². The van der Waals surface area contributed by atoms with Crippen LogP contribution in [0.5, 0.6) is 5.75 Å². The number of aromatic hydroxyl groups is 1. The van der Waals surface area contributed by atoms with Gasteiger partial charge in [0, 0.05) is 5.02 Å². The van der Waals surface area contributed by atoms with E-state index in [1.165, 1.54) is 18.2 Å². The van der Waals surface area contributed by atoms with E-state index in [1.807, 2.05) is 24.3 Å². The van der Waals surface area contributed by atoms with Gasteiger partial charge in [0.15, 0.2) is 0 Å². The zero-order chi connectivity index (χ0) is 17.1. The lowest BCUT2D eigenvalue weighted by atomic mass is 10.2. The van der Waals surface area contributed by atoms with Gasteiger partial charge in [-0.25, -0.2) is 10.1 Å². The predicted molar refractivity (Wildman–Crippen MR) is 91.2 cm³/mol. The number of benzene rings is 2. The molecule has 0 fully saturated rings. The van der Waals surface area contributed by atoms with Crippen molar-refractivity contribution < 1.29 is 9.90 Å². The minimum Gasteiger partial charge on any atom is -0.507 e. The number of carbonyl (C=O) groups is 1. The summed E-state index contributed by atoms with van der Waals surface area (Å²) < 4.78 is 1.69. The number of rotatable bonds is 4. The molecule has 0 unspecified atom stereocenters. The fourth-order valence-corrected chi connectivity index (χ4v) is 2.35. The average molecular weight is 344 g/mol. The van der Waals surface area contributed by atoms with E-state index >= 15 is 0 Å². The quantitative estimate of drug-likeness (QED) is 0.562. The highest BCUT2D eigenvalue weighted by atomic mass is 35.5. The first-order valence-corrected chi connectivity index (χ1v) is 7.52. The number of nitrogens with zero attached hydrogens (tertiary/aromatic N) is 4. The Morgan fingerprint density at radius 3 is 2.96 bits per heavy atom.